The fraction of sp³-hybridized carbons (Fsp3) is 0.619. The molecule has 0 bridgehead atoms. The first-order valence-corrected chi connectivity index (χ1v) is 9.77. The third-order valence-corrected chi connectivity index (χ3v) is 4.22. The smallest absolute Gasteiger partial charge is 0.224 e. The SMILES string of the molecule is CCCCCCCCCCCC(=O)Nc1cccc(NCCC#N)c1. The Balaban J connectivity index is 2.12. The number of nitriles is 1. The van der Waals surface area contributed by atoms with Crippen molar-refractivity contribution in [2.75, 3.05) is 17.2 Å². The van der Waals surface area contributed by atoms with Crippen molar-refractivity contribution < 1.29 is 4.79 Å². The Labute approximate surface area is 153 Å². The topological polar surface area (TPSA) is 64.9 Å². The number of anilines is 2. The summed E-state index contributed by atoms with van der Waals surface area (Å²) in [5.74, 6) is 0.0807. The minimum atomic E-state index is 0.0807. The molecule has 138 valence electrons. The van der Waals surface area contributed by atoms with Crippen molar-refractivity contribution >= 4 is 17.3 Å². The van der Waals surface area contributed by atoms with E-state index >= 15 is 0 Å². The molecule has 0 aliphatic heterocycles. The van der Waals surface area contributed by atoms with Gasteiger partial charge in [-0.25, -0.2) is 0 Å². The Morgan fingerprint density at radius 3 is 2.32 bits per heavy atom. The summed E-state index contributed by atoms with van der Waals surface area (Å²) in [4.78, 5) is 12.0. The van der Waals surface area contributed by atoms with Crippen LogP contribution in [0, 0.1) is 11.3 Å². The molecule has 0 heterocycles. The van der Waals surface area contributed by atoms with E-state index in [1.807, 2.05) is 24.3 Å². The molecule has 0 aromatic heterocycles. The molecule has 2 N–H and O–H groups in total. The van der Waals surface area contributed by atoms with E-state index in [0.717, 1.165) is 24.2 Å². The molecule has 1 aromatic carbocycles. The Hall–Kier alpha value is -2.02. The highest BCUT2D eigenvalue weighted by Crippen LogP contribution is 2.16. The number of nitrogens with one attached hydrogen (secondary N) is 2. The van der Waals surface area contributed by atoms with Crippen LogP contribution in [0.4, 0.5) is 11.4 Å². The zero-order valence-corrected chi connectivity index (χ0v) is 15.7. The van der Waals surface area contributed by atoms with Gasteiger partial charge in [-0.05, 0) is 24.6 Å². The third kappa shape index (κ3) is 11.2. The minimum absolute atomic E-state index is 0.0807. The molecule has 0 fully saturated rings. The number of hydrogen-bond acceptors (Lipinski definition) is 3. The van der Waals surface area contributed by atoms with Gasteiger partial charge in [-0.2, -0.15) is 5.26 Å². The van der Waals surface area contributed by atoms with Crippen molar-refractivity contribution in [3.8, 4) is 6.07 Å². The van der Waals surface area contributed by atoms with Gasteiger partial charge in [-0.3, -0.25) is 4.79 Å². The van der Waals surface area contributed by atoms with Crippen LogP contribution in [0.25, 0.3) is 0 Å². The van der Waals surface area contributed by atoms with Crippen LogP contribution in [0.1, 0.15) is 77.6 Å². The minimum Gasteiger partial charge on any atom is -0.384 e. The summed E-state index contributed by atoms with van der Waals surface area (Å²) in [5.41, 5.74) is 1.74. The number of carbonyl (C=O) groups is 1. The van der Waals surface area contributed by atoms with Gasteiger partial charge < -0.3 is 10.6 Å². The quantitative estimate of drug-likeness (QED) is 0.415. The zero-order chi connectivity index (χ0) is 18.2. The van der Waals surface area contributed by atoms with Gasteiger partial charge in [-0.15, -0.1) is 0 Å². The van der Waals surface area contributed by atoms with E-state index in [9.17, 15) is 4.79 Å². The normalized spacial score (nSPS) is 10.2. The van der Waals surface area contributed by atoms with Crippen molar-refractivity contribution in [3.63, 3.8) is 0 Å². The molecule has 4 heteroatoms. The molecule has 4 nitrogen and oxygen atoms in total. The lowest BCUT2D eigenvalue weighted by Crippen LogP contribution is -2.11. The summed E-state index contributed by atoms with van der Waals surface area (Å²) in [6, 6.07) is 9.75. The fourth-order valence-corrected chi connectivity index (χ4v) is 2.79. The van der Waals surface area contributed by atoms with Gasteiger partial charge in [0.2, 0.25) is 5.91 Å². The van der Waals surface area contributed by atoms with E-state index in [0.29, 0.717) is 19.4 Å². The summed E-state index contributed by atoms with van der Waals surface area (Å²) in [6.45, 7) is 2.86. The maximum absolute atomic E-state index is 12.0. The highest BCUT2D eigenvalue weighted by molar-refractivity contribution is 5.91. The van der Waals surface area contributed by atoms with Crippen molar-refractivity contribution in [2.24, 2.45) is 0 Å². The average molecular weight is 344 g/mol. The molecule has 0 saturated carbocycles. The fourth-order valence-electron chi connectivity index (χ4n) is 2.79. The van der Waals surface area contributed by atoms with Gasteiger partial charge in [0.05, 0.1) is 12.5 Å². The molecule has 1 rings (SSSR count). The van der Waals surface area contributed by atoms with E-state index < -0.39 is 0 Å². The third-order valence-electron chi connectivity index (χ3n) is 4.22. The number of amides is 1. The average Bonchev–Trinajstić information content (AvgIpc) is 2.61. The van der Waals surface area contributed by atoms with E-state index in [1.54, 1.807) is 0 Å². The summed E-state index contributed by atoms with van der Waals surface area (Å²) < 4.78 is 0. The molecule has 0 aliphatic carbocycles. The molecular formula is C21H33N3O. The summed E-state index contributed by atoms with van der Waals surface area (Å²) in [5, 5.41) is 14.7. The van der Waals surface area contributed by atoms with Crippen LogP contribution in [0.15, 0.2) is 24.3 Å². The second-order valence-corrected chi connectivity index (χ2v) is 6.54. The van der Waals surface area contributed by atoms with Crippen molar-refractivity contribution in [2.45, 2.75) is 77.6 Å². The predicted molar refractivity (Wildman–Crippen MR) is 106 cm³/mol. The first-order chi connectivity index (χ1) is 12.3. The first kappa shape index (κ1) is 21.0. The number of benzene rings is 1. The first-order valence-electron chi connectivity index (χ1n) is 9.77. The van der Waals surface area contributed by atoms with Gasteiger partial charge in [-0.1, -0.05) is 64.4 Å². The molecule has 0 atom stereocenters. The van der Waals surface area contributed by atoms with Gasteiger partial charge in [0.15, 0.2) is 0 Å². The summed E-state index contributed by atoms with van der Waals surface area (Å²) in [6.07, 6.45) is 12.4. The standard InChI is InChI=1S/C21H33N3O/c1-2-3-4-5-6-7-8-9-10-15-21(25)24-20-14-11-13-19(18-20)23-17-12-16-22/h11,13-14,18,23H,2-10,12,15,17H2,1H3,(H,24,25). The van der Waals surface area contributed by atoms with Gasteiger partial charge in [0.1, 0.15) is 0 Å². The number of nitrogens with zero attached hydrogens (tertiary/aromatic N) is 1. The monoisotopic (exact) mass is 343 g/mol. The number of unbranched alkanes of at least 4 members (excludes halogenated alkanes) is 8. The lowest BCUT2D eigenvalue weighted by Gasteiger charge is -2.08. The van der Waals surface area contributed by atoms with Crippen LogP contribution in [0.2, 0.25) is 0 Å². The molecule has 0 saturated heterocycles. The molecule has 0 radical (unpaired) electrons. The van der Waals surface area contributed by atoms with E-state index in [4.69, 9.17) is 5.26 Å². The molecule has 25 heavy (non-hydrogen) atoms. The Bertz CT molecular complexity index is 522. The van der Waals surface area contributed by atoms with Crippen molar-refractivity contribution in [1.82, 2.24) is 0 Å². The second-order valence-electron chi connectivity index (χ2n) is 6.54. The molecule has 0 spiro atoms. The largest absolute Gasteiger partial charge is 0.384 e. The lowest BCUT2D eigenvalue weighted by molar-refractivity contribution is -0.116. The van der Waals surface area contributed by atoms with Crippen LogP contribution >= 0.6 is 0 Å². The maximum atomic E-state index is 12.0. The number of carbonyl (C=O) groups excluding carboxylic acids is 1. The van der Waals surface area contributed by atoms with Crippen LogP contribution < -0.4 is 10.6 Å². The highest BCUT2D eigenvalue weighted by atomic mass is 16.1. The molecule has 1 aromatic rings. The number of rotatable bonds is 14. The van der Waals surface area contributed by atoms with Crippen LogP contribution in [0.5, 0.6) is 0 Å². The Morgan fingerprint density at radius 1 is 1.00 bits per heavy atom. The zero-order valence-electron chi connectivity index (χ0n) is 15.7. The van der Waals surface area contributed by atoms with E-state index in [-0.39, 0.29) is 5.91 Å². The summed E-state index contributed by atoms with van der Waals surface area (Å²) >= 11 is 0. The molecule has 0 unspecified atom stereocenters. The molecular weight excluding hydrogens is 310 g/mol. The lowest BCUT2D eigenvalue weighted by atomic mass is 10.1. The van der Waals surface area contributed by atoms with Crippen LogP contribution in [0.3, 0.4) is 0 Å². The van der Waals surface area contributed by atoms with Crippen molar-refractivity contribution in [1.29, 1.82) is 5.26 Å². The van der Waals surface area contributed by atoms with E-state index in [2.05, 4.69) is 23.6 Å². The number of hydrogen-bond donors (Lipinski definition) is 2. The van der Waals surface area contributed by atoms with Gasteiger partial charge >= 0.3 is 0 Å². The molecule has 0 aliphatic rings. The predicted octanol–water partition coefficient (Wildman–Crippen LogP) is 5.87. The molecule has 1 amide bonds. The van der Waals surface area contributed by atoms with Crippen molar-refractivity contribution in [3.05, 3.63) is 24.3 Å². The van der Waals surface area contributed by atoms with Crippen LogP contribution in [-0.4, -0.2) is 12.5 Å². The van der Waals surface area contributed by atoms with Gasteiger partial charge in [0.25, 0.3) is 0 Å². The second kappa shape index (κ2) is 14.3. The Kier molecular flexibility index (Phi) is 12.1. The highest BCUT2D eigenvalue weighted by Gasteiger charge is 2.03. The van der Waals surface area contributed by atoms with Crippen LogP contribution in [-0.2, 0) is 4.79 Å². The van der Waals surface area contributed by atoms with E-state index in [1.165, 1.54) is 44.9 Å². The van der Waals surface area contributed by atoms with Gasteiger partial charge in [0, 0.05) is 24.3 Å². The summed E-state index contributed by atoms with van der Waals surface area (Å²) in [7, 11) is 0. The maximum Gasteiger partial charge on any atom is 0.224 e. The Morgan fingerprint density at radius 2 is 1.64 bits per heavy atom.